The van der Waals surface area contributed by atoms with Gasteiger partial charge in [-0.25, -0.2) is 4.79 Å². The molecule has 3 amide bonds. The van der Waals surface area contributed by atoms with E-state index in [1.54, 1.807) is 25.8 Å². The molecular weight excluding hydrogens is 180 g/mol. The maximum absolute atomic E-state index is 11.7. The first-order valence-electron chi connectivity index (χ1n) is 5.02. The van der Waals surface area contributed by atoms with Gasteiger partial charge in [0, 0.05) is 13.6 Å². The van der Waals surface area contributed by atoms with Gasteiger partial charge in [0.1, 0.15) is 5.54 Å². The van der Waals surface area contributed by atoms with Gasteiger partial charge in [-0.1, -0.05) is 13.3 Å². The molecule has 0 atom stereocenters. The standard InChI is InChI=1S/C10H18N2O2/c1-5-6-7-12-9(14)11(4)8(13)10(12,2)3/h5-7H2,1-4H3. The number of amides is 3. The van der Waals surface area contributed by atoms with Crippen LogP contribution in [-0.2, 0) is 4.79 Å². The highest BCUT2D eigenvalue weighted by atomic mass is 16.2. The predicted molar refractivity (Wildman–Crippen MR) is 53.9 cm³/mol. The van der Waals surface area contributed by atoms with E-state index >= 15 is 0 Å². The fourth-order valence-corrected chi connectivity index (χ4v) is 1.72. The van der Waals surface area contributed by atoms with Crippen LogP contribution in [0.2, 0.25) is 0 Å². The van der Waals surface area contributed by atoms with Crippen LogP contribution in [0.4, 0.5) is 4.79 Å². The summed E-state index contributed by atoms with van der Waals surface area (Å²) in [5.74, 6) is -0.112. The van der Waals surface area contributed by atoms with Crippen molar-refractivity contribution in [3.8, 4) is 0 Å². The van der Waals surface area contributed by atoms with E-state index in [4.69, 9.17) is 0 Å². The minimum Gasteiger partial charge on any atom is -0.310 e. The summed E-state index contributed by atoms with van der Waals surface area (Å²) in [5, 5.41) is 0. The summed E-state index contributed by atoms with van der Waals surface area (Å²) in [6.07, 6.45) is 1.97. The van der Waals surface area contributed by atoms with Crippen LogP contribution in [0.3, 0.4) is 0 Å². The van der Waals surface area contributed by atoms with Crippen LogP contribution in [0.5, 0.6) is 0 Å². The third-order valence-electron chi connectivity index (χ3n) is 2.76. The number of unbranched alkanes of at least 4 members (excludes halogenated alkanes) is 1. The van der Waals surface area contributed by atoms with E-state index in [0.29, 0.717) is 6.54 Å². The molecule has 0 aromatic rings. The number of imide groups is 1. The van der Waals surface area contributed by atoms with Gasteiger partial charge in [-0.05, 0) is 20.3 Å². The van der Waals surface area contributed by atoms with Gasteiger partial charge in [0.05, 0.1) is 0 Å². The molecule has 0 saturated carbocycles. The number of likely N-dealkylation sites (N-methyl/N-ethyl adjacent to an activating group) is 1. The molecule has 4 heteroatoms. The molecular formula is C10H18N2O2. The Morgan fingerprint density at radius 3 is 2.21 bits per heavy atom. The van der Waals surface area contributed by atoms with E-state index in [-0.39, 0.29) is 11.9 Å². The average molecular weight is 198 g/mol. The number of urea groups is 1. The first-order chi connectivity index (χ1) is 6.42. The molecule has 1 aliphatic heterocycles. The van der Waals surface area contributed by atoms with E-state index in [0.717, 1.165) is 12.8 Å². The second-order valence-corrected chi connectivity index (χ2v) is 4.21. The van der Waals surface area contributed by atoms with Crippen LogP contribution in [0.1, 0.15) is 33.6 Å². The molecule has 0 unspecified atom stereocenters. The molecule has 80 valence electrons. The van der Waals surface area contributed by atoms with E-state index < -0.39 is 5.54 Å². The topological polar surface area (TPSA) is 40.6 Å². The lowest BCUT2D eigenvalue weighted by Crippen LogP contribution is -2.44. The highest BCUT2D eigenvalue weighted by Gasteiger charge is 2.48. The maximum Gasteiger partial charge on any atom is 0.327 e. The minimum absolute atomic E-state index is 0.112. The van der Waals surface area contributed by atoms with Crippen molar-refractivity contribution in [1.82, 2.24) is 9.80 Å². The predicted octanol–water partition coefficient (Wildman–Crippen LogP) is 1.46. The normalized spacial score (nSPS) is 20.9. The Hall–Kier alpha value is -1.06. The largest absolute Gasteiger partial charge is 0.327 e. The molecule has 0 bridgehead atoms. The van der Waals surface area contributed by atoms with Crippen molar-refractivity contribution < 1.29 is 9.59 Å². The lowest BCUT2D eigenvalue weighted by atomic mass is 10.0. The number of carbonyl (C=O) groups excluding carboxylic acids is 2. The van der Waals surface area contributed by atoms with Gasteiger partial charge in [-0.2, -0.15) is 0 Å². The van der Waals surface area contributed by atoms with Gasteiger partial charge in [-0.15, -0.1) is 0 Å². The van der Waals surface area contributed by atoms with Crippen molar-refractivity contribution in [2.45, 2.75) is 39.2 Å². The van der Waals surface area contributed by atoms with Crippen molar-refractivity contribution in [3.63, 3.8) is 0 Å². The summed E-state index contributed by atoms with van der Waals surface area (Å²) < 4.78 is 0. The Morgan fingerprint density at radius 2 is 1.86 bits per heavy atom. The molecule has 1 aliphatic rings. The van der Waals surface area contributed by atoms with E-state index in [1.807, 2.05) is 0 Å². The highest BCUT2D eigenvalue weighted by Crippen LogP contribution is 2.26. The van der Waals surface area contributed by atoms with Crippen molar-refractivity contribution in [1.29, 1.82) is 0 Å². The van der Waals surface area contributed by atoms with Gasteiger partial charge in [-0.3, -0.25) is 9.69 Å². The van der Waals surface area contributed by atoms with Crippen LogP contribution in [-0.4, -0.2) is 40.9 Å². The lowest BCUT2D eigenvalue weighted by molar-refractivity contribution is -0.131. The second kappa shape index (κ2) is 3.59. The van der Waals surface area contributed by atoms with Crippen LogP contribution in [0.15, 0.2) is 0 Å². The van der Waals surface area contributed by atoms with Crippen molar-refractivity contribution in [2.75, 3.05) is 13.6 Å². The van der Waals surface area contributed by atoms with Gasteiger partial charge < -0.3 is 4.90 Å². The Balaban J connectivity index is 2.83. The van der Waals surface area contributed by atoms with E-state index in [2.05, 4.69) is 6.92 Å². The summed E-state index contributed by atoms with van der Waals surface area (Å²) in [7, 11) is 1.54. The number of hydrogen-bond acceptors (Lipinski definition) is 2. The summed E-state index contributed by atoms with van der Waals surface area (Å²) in [6.45, 7) is 6.33. The van der Waals surface area contributed by atoms with Crippen LogP contribution < -0.4 is 0 Å². The summed E-state index contributed by atoms with van der Waals surface area (Å²) in [4.78, 5) is 26.2. The maximum atomic E-state index is 11.7. The number of nitrogens with zero attached hydrogens (tertiary/aromatic N) is 2. The number of rotatable bonds is 3. The molecule has 1 heterocycles. The van der Waals surface area contributed by atoms with Crippen molar-refractivity contribution in [2.24, 2.45) is 0 Å². The number of hydrogen-bond donors (Lipinski definition) is 0. The fraction of sp³-hybridized carbons (Fsp3) is 0.800. The van der Waals surface area contributed by atoms with Gasteiger partial charge in [0.2, 0.25) is 0 Å². The highest BCUT2D eigenvalue weighted by molar-refractivity contribution is 6.06. The quantitative estimate of drug-likeness (QED) is 0.644. The molecule has 0 aliphatic carbocycles. The molecule has 1 saturated heterocycles. The Labute approximate surface area is 84.9 Å². The van der Waals surface area contributed by atoms with Crippen LogP contribution in [0.25, 0.3) is 0 Å². The molecule has 1 fully saturated rings. The molecule has 0 N–H and O–H groups in total. The molecule has 14 heavy (non-hydrogen) atoms. The van der Waals surface area contributed by atoms with Gasteiger partial charge in [0.25, 0.3) is 5.91 Å². The third kappa shape index (κ3) is 1.49. The first-order valence-corrected chi connectivity index (χ1v) is 5.02. The fourth-order valence-electron chi connectivity index (χ4n) is 1.72. The Bertz CT molecular complexity index is 261. The van der Waals surface area contributed by atoms with Gasteiger partial charge in [0.15, 0.2) is 0 Å². The van der Waals surface area contributed by atoms with Crippen molar-refractivity contribution >= 4 is 11.9 Å². The molecule has 1 rings (SSSR count). The lowest BCUT2D eigenvalue weighted by Gasteiger charge is -2.27. The summed E-state index contributed by atoms with van der Waals surface area (Å²) in [5.41, 5.74) is -0.666. The monoisotopic (exact) mass is 198 g/mol. The third-order valence-corrected chi connectivity index (χ3v) is 2.76. The first kappa shape index (κ1) is 11.0. The zero-order valence-electron chi connectivity index (χ0n) is 9.33. The SMILES string of the molecule is CCCCN1C(=O)N(C)C(=O)C1(C)C. The summed E-state index contributed by atoms with van der Waals surface area (Å²) >= 11 is 0. The van der Waals surface area contributed by atoms with Crippen LogP contribution >= 0.6 is 0 Å². The van der Waals surface area contributed by atoms with Crippen LogP contribution in [0, 0.1) is 0 Å². The second-order valence-electron chi connectivity index (χ2n) is 4.21. The van der Waals surface area contributed by atoms with E-state index in [9.17, 15) is 9.59 Å². The Kier molecular flexibility index (Phi) is 2.83. The molecule has 0 aromatic carbocycles. The number of carbonyl (C=O) groups is 2. The molecule has 4 nitrogen and oxygen atoms in total. The van der Waals surface area contributed by atoms with Crippen molar-refractivity contribution in [3.05, 3.63) is 0 Å². The van der Waals surface area contributed by atoms with E-state index in [1.165, 1.54) is 4.90 Å². The molecule has 0 aromatic heterocycles. The smallest absolute Gasteiger partial charge is 0.310 e. The molecule has 0 radical (unpaired) electrons. The summed E-state index contributed by atoms with van der Waals surface area (Å²) in [6, 6.07) is -0.173. The minimum atomic E-state index is -0.666. The zero-order valence-corrected chi connectivity index (χ0v) is 9.33. The average Bonchev–Trinajstić information content (AvgIpc) is 2.27. The Morgan fingerprint density at radius 1 is 1.29 bits per heavy atom. The van der Waals surface area contributed by atoms with Gasteiger partial charge >= 0.3 is 6.03 Å². The zero-order chi connectivity index (χ0) is 10.9. The molecule has 0 spiro atoms.